The summed E-state index contributed by atoms with van der Waals surface area (Å²) in [7, 11) is 1.89. The van der Waals surface area contributed by atoms with Gasteiger partial charge in [-0.1, -0.05) is 0 Å². The zero-order chi connectivity index (χ0) is 21.5. The minimum Gasteiger partial charge on any atom is -0.342 e. The smallest absolute Gasteiger partial charge is 0.254 e. The van der Waals surface area contributed by atoms with Crippen LogP contribution in [0.3, 0.4) is 0 Å². The topological polar surface area (TPSA) is 74.6 Å². The van der Waals surface area contributed by atoms with Gasteiger partial charge >= 0.3 is 0 Å². The highest BCUT2D eigenvalue weighted by atomic mass is 16.2. The largest absolute Gasteiger partial charge is 0.342 e. The molecule has 0 radical (unpaired) electrons. The van der Waals surface area contributed by atoms with Crippen LogP contribution in [0.1, 0.15) is 59.8 Å². The number of carbonyl (C=O) groups excluding carboxylic acids is 2. The molecule has 3 aliphatic rings. The van der Waals surface area contributed by atoms with Crippen LogP contribution in [0.15, 0.2) is 6.07 Å². The van der Waals surface area contributed by atoms with Gasteiger partial charge in [-0.15, -0.1) is 0 Å². The maximum absolute atomic E-state index is 13.5. The highest BCUT2D eigenvalue weighted by Gasteiger charge is 2.31. The van der Waals surface area contributed by atoms with Gasteiger partial charge in [-0.25, -0.2) is 4.98 Å². The predicted molar refractivity (Wildman–Crippen MR) is 118 cm³/mol. The molecule has 8 nitrogen and oxygen atoms in total. The second kappa shape index (κ2) is 8.22. The van der Waals surface area contributed by atoms with Gasteiger partial charge in [0.25, 0.3) is 5.91 Å². The number of piperazine rings is 1. The Kier molecular flexibility index (Phi) is 5.42. The third kappa shape index (κ3) is 4.05. The molecule has 5 rings (SSSR count). The molecule has 31 heavy (non-hydrogen) atoms. The number of nitrogens with zero attached hydrogens (tertiary/aromatic N) is 6. The van der Waals surface area contributed by atoms with E-state index in [2.05, 4.69) is 10.00 Å². The second-order valence-electron chi connectivity index (χ2n) is 9.29. The van der Waals surface area contributed by atoms with E-state index in [-0.39, 0.29) is 11.8 Å². The highest BCUT2D eigenvalue weighted by molar-refractivity contribution is 6.06. The summed E-state index contributed by atoms with van der Waals surface area (Å²) in [6, 6.07) is 2.00. The van der Waals surface area contributed by atoms with Gasteiger partial charge < -0.3 is 9.80 Å². The Morgan fingerprint density at radius 3 is 2.39 bits per heavy atom. The lowest BCUT2D eigenvalue weighted by atomic mass is 10.1. The van der Waals surface area contributed by atoms with Crippen LogP contribution in [0.25, 0.3) is 11.0 Å². The molecule has 0 unspecified atom stereocenters. The van der Waals surface area contributed by atoms with Crippen molar-refractivity contribution in [2.24, 2.45) is 7.05 Å². The first-order valence-electron chi connectivity index (χ1n) is 11.6. The van der Waals surface area contributed by atoms with E-state index in [1.165, 1.54) is 6.42 Å². The van der Waals surface area contributed by atoms with Crippen molar-refractivity contribution in [3.8, 4) is 0 Å². The van der Waals surface area contributed by atoms with E-state index in [9.17, 15) is 9.59 Å². The average Bonchev–Trinajstić information content (AvgIpc) is 3.60. The molecule has 2 amide bonds. The Hall–Kier alpha value is -2.48. The van der Waals surface area contributed by atoms with Crippen LogP contribution in [0.4, 0.5) is 0 Å². The van der Waals surface area contributed by atoms with E-state index in [1.807, 2.05) is 29.8 Å². The maximum atomic E-state index is 13.5. The summed E-state index contributed by atoms with van der Waals surface area (Å²) < 4.78 is 1.79. The number of hydrogen-bond donors (Lipinski definition) is 0. The summed E-state index contributed by atoms with van der Waals surface area (Å²) in [5.74, 6) is 0.770. The van der Waals surface area contributed by atoms with Crippen LogP contribution in [0.2, 0.25) is 0 Å². The van der Waals surface area contributed by atoms with E-state index >= 15 is 0 Å². The summed E-state index contributed by atoms with van der Waals surface area (Å²) in [4.78, 5) is 37.0. The minimum atomic E-state index is 0.0624. The standard InChI is InChI=1S/C23H32N6O2/c1-16-21-18(14-19(17-6-7-17)24-22(21)26(2)25-16)23(31)29-12-10-27(11-13-29)15-20(30)28-8-4-3-5-9-28/h14,17H,3-13,15H2,1-2H3. The van der Waals surface area contributed by atoms with Gasteiger partial charge in [0.1, 0.15) is 0 Å². The number of likely N-dealkylation sites (tertiary alicyclic amines) is 1. The van der Waals surface area contributed by atoms with Crippen molar-refractivity contribution in [2.45, 2.75) is 44.9 Å². The number of carbonyl (C=O) groups is 2. The van der Waals surface area contributed by atoms with Gasteiger partial charge in [-0.3, -0.25) is 19.2 Å². The Labute approximate surface area is 183 Å². The van der Waals surface area contributed by atoms with E-state index in [0.29, 0.717) is 25.6 Å². The number of hydrogen-bond acceptors (Lipinski definition) is 5. The Morgan fingerprint density at radius 1 is 1.00 bits per heavy atom. The number of pyridine rings is 1. The van der Waals surface area contributed by atoms with Crippen LogP contribution < -0.4 is 0 Å². The second-order valence-corrected chi connectivity index (χ2v) is 9.29. The molecule has 0 atom stereocenters. The lowest BCUT2D eigenvalue weighted by Crippen LogP contribution is -2.52. The van der Waals surface area contributed by atoms with Crippen LogP contribution in [-0.2, 0) is 11.8 Å². The molecule has 2 saturated heterocycles. The van der Waals surface area contributed by atoms with Crippen molar-refractivity contribution >= 4 is 22.8 Å². The lowest BCUT2D eigenvalue weighted by molar-refractivity contribution is -0.133. The molecular formula is C23H32N6O2. The van der Waals surface area contributed by atoms with Crippen molar-refractivity contribution in [1.82, 2.24) is 29.5 Å². The molecule has 0 N–H and O–H groups in total. The molecule has 2 aliphatic heterocycles. The van der Waals surface area contributed by atoms with E-state index < -0.39 is 0 Å². The third-order valence-corrected chi connectivity index (χ3v) is 6.94. The van der Waals surface area contributed by atoms with E-state index in [0.717, 1.165) is 79.8 Å². The molecule has 0 spiro atoms. The summed E-state index contributed by atoms with van der Waals surface area (Å²) in [5.41, 5.74) is 3.40. The zero-order valence-corrected chi connectivity index (χ0v) is 18.6. The Bertz CT molecular complexity index is 997. The molecule has 1 saturated carbocycles. The fraction of sp³-hybridized carbons (Fsp3) is 0.652. The van der Waals surface area contributed by atoms with E-state index in [1.54, 1.807) is 4.68 Å². The first kappa shape index (κ1) is 20.4. The summed E-state index contributed by atoms with van der Waals surface area (Å²) in [5, 5.41) is 5.40. The highest BCUT2D eigenvalue weighted by Crippen LogP contribution is 2.40. The minimum absolute atomic E-state index is 0.0624. The molecule has 0 aromatic carbocycles. The zero-order valence-electron chi connectivity index (χ0n) is 18.6. The molecule has 0 bridgehead atoms. The maximum Gasteiger partial charge on any atom is 0.254 e. The molecule has 4 heterocycles. The number of amides is 2. The number of aryl methyl sites for hydroxylation is 2. The number of aromatic nitrogens is 3. The molecule has 166 valence electrons. The SMILES string of the molecule is Cc1nn(C)c2nc(C3CC3)cc(C(=O)N3CCN(CC(=O)N4CCCCC4)CC3)c12. The molecule has 2 aromatic heterocycles. The van der Waals surface area contributed by atoms with Crippen molar-refractivity contribution in [3.63, 3.8) is 0 Å². The fourth-order valence-electron chi connectivity index (χ4n) is 4.94. The number of fused-ring (bicyclic) bond motifs is 1. The van der Waals surface area contributed by atoms with Crippen LogP contribution in [-0.4, -0.2) is 87.1 Å². The molecule has 2 aromatic rings. The summed E-state index contributed by atoms with van der Waals surface area (Å²) in [6.45, 7) is 6.97. The van der Waals surface area contributed by atoms with Gasteiger partial charge in [0.15, 0.2) is 5.65 Å². The quantitative estimate of drug-likeness (QED) is 0.750. The summed E-state index contributed by atoms with van der Waals surface area (Å²) >= 11 is 0. The van der Waals surface area contributed by atoms with Crippen molar-refractivity contribution in [1.29, 1.82) is 0 Å². The van der Waals surface area contributed by atoms with Crippen LogP contribution in [0.5, 0.6) is 0 Å². The van der Waals surface area contributed by atoms with Gasteiger partial charge in [0.05, 0.1) is 23.2 Å². The first-order chi connectivity index (χ1) is 15.0. The molecule has 8 heteroatoms. The van der Waals surface area contributed by atoms with Crippen LogP contribution >= 0.6 is 0 Å². The molecule has 1 aliphatic carbocycles. The number of rotatable bonds is 4. The predicted octanol–water partition coefficient (Wildman–Crippen LogP) is 1.92. The van der Waals surface area contributed by atoms with Gasteiger partial charge in [-0.2, -0.15) is 5.10 Å². The normalized spacial score (nSPS) is 20.5. The van der Waals surface area contributed by atoms with Gasteiger partial charge in [0, 0.05) is 57.9 Å². The number of piperidine rings is 1. The van der Waals surface area contributed by atoms with Crippen LogP contribution in [0, 0.1) is 6.92 Å². The lowest BCUT2D eigenvalue weighted by Gasteiger charge is -2.36. The fourth-order valence-corrected chi connectivity index (χ4v) is 4.94. The van der Waals surface area contributed by atoms with E-state index in [4.69, 9.17) is 4.98 Å². The third-order valence-electron chi connectivity index (χ3n) is 6.94. The average molecular weight is 425 g/mol. The van der Waals surface area contributed by atoms with Crippen molar-refractivity contribution in [3.05, 3.63) is 23.0 Å². The summed E-state index contributed by atoms with van der Waals surface area (Å²) in [6.07, 6.45) is 5.75. The monoisotopic (exact) mass is 424 g/mol. The molecule has 3 fully saturated rings. The van der Waals surface area contributed by atoms with Gasteiger partial charge in [0.2, 0.25) is 5.91 Å². The van der Waals surface area contributed by atoms with Gasteiger partial charge in [-0.05, 0) is 45.1 Å². The first-order valence-corrected chi connectivity index (χ1v) is 11.6. The Balaban J connectivity index is 1.28. The molecular weight excluding hydrogens is 392 g/mol. The van der Waals surface area contributed by atoms with Crippen molar-refractivity contribution < 1.29 is 9.59 Å². The van der Waals surface area contributed by atoms with Crippen molar-refractivity contribution in [2.75, 3.05) is 45.8 Å². The Morgan fingerprint density at radius 2 is 1.71 bits per heavy atom.